The van der Waals surface area contributed by atoms with E-state index in [2.05, 4.69) is 14.7 Å². The summed E-state index contributed by atoms with van der Waals surface area (Å²) in [4.78, 5) is 16.5. The molecule has 1 aromatic carbocycles. The lowest BCUT2D eigenvalue weighted by molar-refractivity contribution is -0.114. The third kappa shape index (κ3) is 3.02. The first-order chi connectivity index (χ1) is 12.8. The molecule has 136 valence electrons. The maximum atomic E-state index is 12.5. The highest BCUT2D eigenvalue weighted by Crippen LogP contribution is 2.29. The Morgan fingerprint density at radius 3 is 2.74 bits per heavy atom. The van der Waals surface area contributed by atoms with Crippen LogP contribution in [0.15, 0.2) is 46.0 Å². The van der Waals surface area contributed by atoms with Crippen molar-refractivity contribution in [2.45, 2.75) is 20.8 Å². The van der Waals surface area contributed by atoms with Crippen molar-refractivity contribution < 1.29 is 4.79 Å². The lowest BCUT2D eigenvalue weighted by Gasteiger charge is -2.20. The van der Waals surface area contributed by atoms with Gasteiger partial charge < -0.3 is 4.57 Å². The molecule has 1 N–H and O–H groups in total. The number of carbonyl (C=O) groups excluding carboxylic acids is 1. The quantitative estimate of drug-likeness (QED) is 0.764. The Morgan fingerprint density at radius 1 is 1.22 bits per heavy atom. The number of hydrogen-bond acceptors (Lipinski definition) is 4. The molecule has 2 aliphatic heterocycles. The van der Waals surface area contributed by atoms with Gasteiger partial charge in [0, 0.05) is 22.1 Å². The molecule has 0 aliphatic carbocycles. The molecular formula is C19H16ClN5OS. The Kier molecular flexibility index (Phi) is 4.28. The summed E-state index contributed by atoms with van der Waals surface area (Å²) in [7, 11) is 0. The Hall–Kier alpha value is -2.64. The van der Waals surface area contributed by atoms with E-state index in [0.29, 0.717) is 10.2 Å². The van der Waals surface area contributed by atoms with E-state index in [1.165, 1.54) is 16.8 Å². The topological polar surface area (TPSA) is 73.8 Å². The molecule has 0 saturated carbocycles. The molecule has 8 heteroatoms. The molecular weight excluding hydrogens is 382 g/mol. The van der Waals surface area contributed by atoms with Crippen LogP contribution in [0.3, 0.4) is 0 Å². The van der Waals surface area contributed by atoms with Gasteiger partial charge in [0.15, 0.2) is 5.84 Å². The SMILES string of the molecule is CC1=NN2C(=N)C(=Cc3cc(C)n(-c4cccc(Cl)c4)c3C)C(=O)N=C2S1. The Morgan fingerprint density at radius 2 is 2.00 bits per heavy atom. The number of hydrazone groups is 1. The summed E-state index contributed by atoms with van der Waals surface area (Å²) >= 11 is 7.42. The van der Waals surface area contributed by atoms with E-state index in [9.17, 15) is 4.79 Å². The minimum absolute atomic E-state index is 0.0434. The zero-order valence-corrected chi connectivity index (χ0v) is 16.5. The smallest absolute Gasteiger partial charge is 0.283 e. The molecule has 1 aromatic heterocycles. The van der Waals surface area contributed by atoms with Crippen LogP contribution in [0.2, 0.25) is 5.02 Å². The fourth-order valence-electron chi connectivity index (χ4n) is 3.19. The summed E-state index contributed by atoms with van der Waals surface area (Å²) in [5, 5.41) is 15.9. The molecule has 2 aliphatic rings. The van der Waals surface area contributed by atoms with Crippen LogP contribution in [-0.2, 0) is 4.79 Å². The van der Waals surface area contributed by atoms with Gasteiger partial charge in [0.05, 0.1) is 10.6 Å². The van der Waals surface area contributed by atoms with Crippen LogP contribution in [-0.4, -0.2) is 31.5 Å². The van der Waals surface area contributed by atoms with Crippen LogP contribution in [0, 0.1) is 19.3 Å². The maximum absolute atomic E-state index is 12.5. The van der Waals surface area contributed by atoms with Gasteiger partial charge in [-0.25, -0.2) is 0 Å². The van der Waals surface area contributed by atoms with Gasteiger partial charge in [0.1, 0.15) is 0 Å². The molecule has 0 spiro atoms. The summed E-state index contributed by atoms with van der Waals surface area (Å²) in [6, 6.07) is 9.58. The largest absolute Gasteiger partial charge is 0.318 e. The Balaban J connectivity index is 1.78. The first kappa shape index (κ1) is 17.8. The molecule has 1 amide bonds. The van der Waals surface area contributed by atoms with E-state index >= 15 is 0 Å². The summed E-state index contributed by atoms with van der Waals surface area (Å²) < 4.78 is 2.07. The highest BCUT2D eigenvalue weighted by Gasteiger charge is 2.34. The van der Waals surface area contributed by atoms with Crippen molar-refractivity contribution in [3.05, 3.63) is 57.9 Å². The fourth-order valence-corrected chi connectivity index (χ4v) is 4.11. The molecule has 0 atom stereocenters. The number of fused-ring (bicyclic) bond motifs is 1. The first-order valence-corrected chi connectivity index (χ1v) is 9.46. The lowest BCUT2D eigenvalue weighted by Crippen LogP contribution is -2.35. The highest BCUT2D eigenvalue weighted by atomic mass is 35.5. The fraction of sp³-hybridized carbons (Fsp3) is 0.158. The minimum atomic E-state index is -0.420. The van der Waals surface area contributed by atoms with Crippen molar-refractivity contribution in [1.29, 1.82) is 5.41 Å². The zero-order chi connectivity index (χ0) is 19.3. The second-order valence-corrected chi connectivity index (χ2v) is 7.88. The average Bonchev–Trinajstić information content (AvgIpc) is 3.10. The van der Waals surface area contributed by atoms with E-state index in [0.717, 1.165) is 27.7 Å². The second-order valence-electron chi connectivity index (χ2n) is 6.28. The van der Waals surface area contributed by atoms with Crippen molar-refractivity contribution in [2.75, 3.05) is 0 Å². The number of halogens is 1. The molecule has 0 bridgehead atoms. The number of nitrogens with one attached hydrogen (secondary N) is 1. The lowest BCUT2D eigenvalue weighted by atomic mass is 10.1. The zero-order valence-electron chi connectivity index (χ0n) is 14.9. The molecule has 4 rings (SSSR count). The van der Waals surface area contributed by atoms with E-state index < -0.39 is 5.91 Å². The molecule has 2 aromatic rings. The number of amides is 1. The molecule has 3 heterocycles. The number of amidine groups is 2. The number of rotatable bonds is 2. The average molecular weight is 398 g/mol. The highest BCUT2D eigenvalue weighted by molar-refractivity contribution is 8.26. The van der Waals surface area contributed by atoms with Crippen LogP contribution < -0.4 is 0 Å². The van der Waals surface area contributed by atoms with Gasteiger partial charge in [-0.15, -0.1) is 0 Å². The number of benzene rings is 1. The number of aliphatic imine (C=N–C) groups is 1. The third-order valence-electron chi connectivity index (χ3n) is 4.39. The normalized spacial score (nSPS) is 18.1. The third-order valence-corrected chi connectivity index (χ3v) is 5.45. The first-order valence-electron chi connectivity index (χ1n) is 8.27. The summed E-state index contributed by atoms with van der Waals surface area (Å²) in [6.07, 6.45) is 1.71. The predicted octanol–water partition coefficient (Wildman–Crippen LogP) is 4.39. The van der Waals surface area contributed by atoms with E-state index in [1.54, 1.807) is 6.08 Å². The van der Waals surface area contributed by atoms with Crippen molar-refractivity contribution in [2.24, 2.45) is 10.1 Å². The van der Waals surface area contributed by atoms with Crippen LogP contribution in [0.25, 0.3) is 11.8 Å². The molecule has 0 fully saturated rings. The predicted molar refractivity (Wildman–Crippen MR) is 111 cm³/mol. The number of carbonyl (C=O) groups is 1. The van der Waals surface area contributed by atoms with E-state index in [-0.39, 0.29) is 11.4 Å². The van der Waals surface area contributed by atoms with Crippen molar-refractivity contribution in [1.82, 2.24) is 9.58 Å². The molecule has 0 unspecified atom stereocenters. The number of nitrogens with zero attached hydrogens (tertiary/aromatic N) is 4. The van der Waals surface area contributed by atoms with E-state index in [1.807, 2.05) is 51.1 Å². The molecule has 27 heavy (non-hydrogen) atoms. The van der Waals surface area contributed by atoms with E-state index in [4.69, 9.17) is 17.0 Å². The number of hydrogen-bond donors (Lipinski definition) is 1. The maximum Gasteiger partial charge on any atom is 0.283 e. The van der Waals surface area contributed by atoms with Gasteiger partial charge in [-0.2, -0.15) is 15.1 Å². The van der Waals surface area contributed by atoms with Gasteiger partial charge in [-0.1, -0.05) is 17.7 Å². The monoisotopic (exact) mass is 397 g/mol. The van der Waals surface area contributed by atoms with Crippen LogP contribution in [0.5, 0.6) is 0 Å². The van der Waals surface area contributed by atoms with Crippen molar-refractivity contribution in [3.8, 4) is 5.69 Å². The van der Waals surface area contributed by atoms with Gasteiger partial charge >= 0.3 is 0 Å². The molecule has 0 radical (unpaired) electrons. The van der Waals surface area contributed by atoms with Crippen molar-refractivity contribution >= 4 is 51.4 Å². The van der Waals surface area contributed by atoms with Gasteiger partial charge in [0.2, 0.25) is 5.17 Å². The van der Waals surface area contributed by atoms with Crippen molar-refractivity contribution in [3.63, 3.8) is 0 Å². The number of aryl methyl sites for hydroxylation is 1. The Labute approximate surface area is 165 Å². The van der Waals surface area contributed by atoms with Crippen LogP contribution in [0.1, 0.15) is 23.9 Å². The summed E-state index contributed by atoms with van der Waals surface area (Å²) in [5.41, 5.74) is 3.99. The van der Waals surface area contributed by atoms with Crippen LogP contribution >= 0.6 is 23.4 Å². The molecule has 6 nitrogen and oxygen atoms in total. The van der Waals surface area contributed by atoms with Gasteiger partial charge in [-0.05, 0) is 68.4 Å². The standard InChI is InChI=1S/C19H16ClN5OS/c1-10-7-13(11(2)24(10)15-6-4-5-14(20)9-15)8-16-17(21)25-19(22-18(16)26)27-12(3)23-25/h4-9,21H,1-3H3. The van der Waals surface area contributed by atoms with Gasteiger partial charge in [-0.3, -0.25) is 10.2 Å². The summed E-state index contributed by atoms with van der Waals surface area (Å²) in [6.45, 7) is 5.79. The summed E-state index contributed by atoms with van der Waals surface area (Å²) in [5.74, 6) is -0.377. The van der Waals surface area contributed by atoms with Gasteiger partial charge in [0.25, 0.3) is 5.91 Å². The minimum Gasteiger partial charge on any atom is -0.318 e. The number of thioether (sulfide) groups is 1. The Bertz CT molecular complexity index is 1100. The number of aromatic nitrogens is 1. The second kappa shape index (κ2) is 6.51. The molecule has 0 saturated heterocycles. The van der Waals surface area contributed by atoms with Crippen LogP contribution in [0.4, 0.5) is 0 Å².